The van der Waals surface area contributed by atoms with Crippen LogP contribution in [0.2, 0.25) is 5.02 Å². The first-order valence-electron chi connectivity index (χ1n) is 8.27. The number of allylic oxidation sites excluding steroid dienone is 1. The summed E-state index contributed by atoms with van der Waals surface area (Å²) in [4.78, 5) is 4.72. The molecule has 0 radical (unpaired) electrons. The second-order valence-electron chi connectivity index (χ2n) is 6.41. The van der Waals surface area contributed by atoms with Crippen molar-refractivity contribution in [1.29, 1.82) is 0 Å². The largest absolute Gasteiger partial charge is 0.285 e. The van der Waals surface area contributed by atoms with Crippen molar-refractivity contribution >= 4 is 17.3 Å². The van der Waals surface area contributed by atoms with E-state index in [-0.39, 0.29) is 0 Å². The van der Waals surface area contributed by atoms with E-state index < -0.39 is 0 Å². The van der Waals surface area contributed by atoms with Crippen molar-refractivity contribution in [2.24, 2.45) is 10.9 Å². The summed E-state index contributed by atoms with van der Waals surface area (Å²) in [7, 11) is 0. The van der Waals surface area contributed by atoms with Gasteiger partial charge >= 0.3 is 0 Å². The molecule has 1 nitrogen and oxygen atoms in total. The zero-order valence-corrected chi connectivity index (χ0v) is 13.4. The molecule has 0 atom stereocenters. The van der Waals surface area contributed by atoms with Crippen molar-refractivity contribution in [2.45, 2.75) is 51.4 Å². The molecule has 1 heterocycles. The summed E-state index contributed by atoms with van der Waals surface area (Å²) in [5.74, 6) is 0.905. The van der Waals surface area contributed by atoms with E-state index in [1.54, 1.807) is 0 Å². The molecular formula is C19H24ClN. The summed E-state index contributed by atoms with van der Waals surface area (Å²) in [6, 6.07) is 8.18. The lowest BCUT2D eigenvalue weighted by Crippen LogP contribution is -2.01. The van der Waals surface area contributed by atoms with Crippen LogP contribution in [-0.2, 0) is 6.42 Å². The highest BCUT2D eigenvalue weighted by Crippen LogP contribution is 2.29. The summed E-state index contributed by atoms with van der Waals surface area (Å²) >= 11 is 6.20. The summed E-state index contributed by atoms with van der Waals surface area (Å²) in [5, 5.41) is 0.899. The zero-order chi connectivity index (χ0) is 14.5. The third kappa shape index (κ3) is 4.20. The van der Waals surface area contributed by atoms with Gasteiger partial charge in [0.25, 0.3) is 0 Å². The average Bonchev–Trinajstić information content (AvgIpc) is 3.14. The maximum atomic E-state index is 6.20. The summed E-state index contributed by atoms with van der Waals surface area (Å²) in [5.41, 5.74) is 4.13. The van der Waals surface area contributed by atoms with Gasteiger partial charge in [0.15, 0.2) is 0 Å². The first kappa shape index (κ1) is 14.8. The molecule has 0 amide bonds. The van der Waals surface area contributed by atoms with Crippen LogP contribution in [0.25, 0.3) is 0 Å². The monoisotopic (exact) mass is 301 g/mol. The Morgan fingerprint density at radius 3 is 2.71 bits per heavy atom. The van der Waals surface area contributed by atoms with Gasteiger partial charge in [0, 0.05) is 10.7 Å². The Labute approximate surface area is 133 Å². The second-order valence-corrected chi connectivity index (χ2v) is 6.82. The number of halogens is 1. The summed E-state index contributed by atoms with van der Waals surface area (Å²) < 4.78 is 0. The van der Waals surface area contributed by atoms with Crippen LogP contribution in [0.15, 0.2) is 40.9 Å². The van der Waals surface area contributed by atoms with E-state index in [4.69, 9.17) is 16.6 Å². The quantitative estimate of drug-likeness (QED) is 0.646. The fourth-order valence-electron chi connectivity index (χ4n) is 3.52. The highest BCUT2D eigenvalue weighted by Gasteiger charge is 2.18. The minimum Gasteiger partial charge on any atom is -0.285 e. The fourth-order valence-corrected chi connectivity index (χ4v) is 3.75. The van der Waals surface area contributed by atoms with E-state index in [9.17, 15) is 0 Å². The molecule has 112 valence electrons. The second kappa shape index (κ2) is 7.26. The van der Waals surface area contributed by atoms with Gasteiger partial charge in [0.2, 0.25) is 0 Å². The average molecular weight is 302 g/mol. The standard InChI is InChI=1S/C19H24ClN/c20-19-11-4-3-9-17(19)10-5-8-16-13-18(21-14-16)12-15-6-1-2-7-15/h3-4,9,11,13,15H,1-2,5-8,10,12,14H2. The van der Waals surface area contributed by atoms with E-state index in [0.717, 1.165) is 30.3 Å². The van der Waals surface area contributed by atoms with Crippen LogP contribution in [0.4, 0.5) is 0 Å². The SMILES string of the molecule is Clc1ccccc1CCCC1=CC(CC2CCCC2)=NC1. The topological polar surface area (TPSA) is 12.4 Å². The van der Waals surface area contributed by atoms with Gasteiger partial charge in [-0.2, -0.15) is 0 Å². The van der Waals surface area contributed by atoms with E-state index >= 15 is 0 Å². The van der Waals surface area contributed by atoms with Gasteiger partial charge in [-0.15, -0.1) is 0 Å². The minimum atomic E-state index is 0.899. The lowest BCUT2D eigenvalue weighted by Gasteiger charge is -2.06. The van der Waals surface area contributed by atoms with Gasteiger partial charge < -0.3 is 0 Å². The highest BCUT2D eigenvalue weighted by atomic mass is 35.5. The van der Waals surface area contributed by atoms with Crippen LogP contribution in [0.1, 0.15) is 50.5 Å². The molecule has 1 aliphatic heterocycles. The number of rotatable bonds is 6. The van der Waals surface area contributed by atoms with Gasteiger partial charge in [-0.25, -0.2) is 0 Å². The van der Waals surface area contributed by atoms with Gasteiger partial charge in [0.05, 0.1) is 6.54 Å². The predicted octanol–water partition coefficient (Wildman–Crippen LogP) is 5.62. The van der Waals surface area contributed by atoms with Crippen LogP contribution in [-0.4, -0.2) is 12.3 Å². The molecule has 2 aliphatic rings. The Kier molecular flexibility index (Phi) is 5.13. The van der Waals surface area contributed by atoms with Crippen molar-refractivity contribution in [1.82, 2.24) is 0 Å². The van der Waals surface area contributed by atoms with Gasteiger partial charge in [-0.1, -0.05) is 55.5 Å². The van der Waals surface area contributed by atoms with Crippen LogP contribution in [0.3, 0.4) is 0 Å². The molecule has 2 heteroatoms. The van der Waals surface area contributed by atoms with Crippen molar-refractivity contribution in [3.8, 4) is 0 Å². The number of hydrogen-bond acceptors (Lipinski definition) is 1. The third-order valence-corrected chi connectivity index (χ3v) is 5.10. The first-order valence-corrected chi connectivity index (χ1v) is 8.65. The lowest BCUT2D eigenvalue weighted by atomic mass is 9.99. The molecule has 0 spiro atoms. The minimum absolute atomic E-state index is 0.899. The number of benzene rings is 1. The van der Waals surface area contributed by atoms with E-state index in [0.29, 0.717) is 0 Å². The Balaban J connectivity index is 1.43. The molecule has 1 fully saturated rings. The fraction of sp³-hybridized carbons (Fsp3) is 0.526. The molecule has 0 bridgehead atoms. The molecule has 0 aromatic heterocycles. The molecular weight excluding hydrogens is 278 g/mol. The van der Waals surface area contributed by atoms with Crippen molar-refractivity contribution in [2.75, 3.05) is 6.54 Å². The Hall–Kier alpha value is -1.08. The number of nitrogens with zero attached hydrogens (tertiary/aromatic N) is 1. The van der Waals surface area contributed by atoms with Crippen LogP contribution >= 0.6 is 11.6 Å². The molecule has 3 rings (SSSR count). The van der Waals surface area contributed by atoms with Crippen molar-refractivity contribution in [3.63, 3.8) is 0 Å². The van der Waals surface area contributed by atoms with Crippen molar-refractivity contribution < 1.29 is 0 Å². The van der Waals surface area contributed by atoms with E-state index in [2.05, 4.69) is 18.2 Å². The molecule has 0 N–H and O–H groups in total. The molecule has 1 aromatic carbocycles. The van der Waals surface area contributed by atoms with E-state index in [1.165, 1.54) is 55.4 Å². The smallest absolute Gasteiger partial charge is 0.0606 e. The first-order chi connectivity index (χ1) is 10.3. The zero-order valence-electron chi connectivity index (χ0n) is 12.7. The van der Waals surface area contributed by atoms with Crippen LogP contribution < -0.4 is 0 Å². The number of aliphatic imine (C=N–C) groups is 1. The molecule has 1 aliphatic carbocycles. The Morgan fingerprint density at radius 1 is 1.10 bits per heavy atom. The van der Waals surface area contributed by atoms with Gasteiger partial charge in [-0.3, -0.25) is 4.99 Å². The third-order valence-electron chi connectivity index (χ3n) is 4.73. The van der Waals surface area contributed by atoms with Gasteiger partial charge in [-0.05, 0) is 54.9 Å². The lowest BCUT2D eigenvalue weighted by molar-refractivity contribution is 0.574. The maximum absolute atomic E-state index is 6.20. The highest BCUT2D eigenvalue weighted by molar-refractivity contribution is 6.31. The summed E-state index contributed by atoms with van der Waals surface area (Å²) in [6.45, 7) is 0.935. The van der Waals surface area contributed by atoms with Crippen molar-refractivity contribution in [3.05, 3.63) is 46.5 Å². The molecule has 0 saturated heterocycles. The molecule has 1 aromatic rings. The molecule has 1 saturated carbocycles. The number of hydrogen-bond donors (Lipinski definition) is 0. The van der Waals surface area contributed by atoms with Gasteiger partial charge in [0.1, 0.15) is 0 Å². The van der Waals surface area contributed by atoms with E-state index in [1.807, 2.05) is 12.1 Å². The normalized spacial score (nSPS) is 18.9. The van der Waals surface area contributed by atoms with Crippen LogP contribution in [0.5, 0.6) is 0 Å². The predicted molar refractivity (Wildman–Crippen MR) is 91.4 cm³/mol. The Bertz CT molecular complexity index is 538. The maximum Gasteiger partial charge on any atom is 0.0606 e. The summed E-state index contributed by atoms with van der Waals surface area (Å²) in [6.07, 6.45) is 12.6. The number of aryl methyl sites for hydroxylation is 1. The van der Waals surface area contributed by atoms with Crippen LogP contribution in [0, 0.1) is 5.92 Å². The Morgan fingerprint density at radius 2 is 1.90 bits per heavy atom. The molecule has 0 unspecified atom stereocenters. The molecule has 21 heavy (non-hydrogen) atoms.